The monoisotopic (exact) mass is 270 g/mol. The molecular formula is C12H8Cl2O3. The Morgan fingerprint density at radius 1 is 1.24 bits per heavy atom. The van der Waals surface area contributed by atoms with Gasteiger partial charge in [0.25, 0.3) is 0 Å². The van der Waals surface area contributed by atoms with Crippen molar-refractivity contribution >= 4 is 29.2 Å². The van der Waals surface area contributed by atoms with Gasteiger partial charge in [-0.3, -0.25) is 0 Å². The molecule has 1 aromatic carbocycles. The normalized spacial score (nSPS) is 10.3. The summed E-state index contributed by atoms with van der Waals surface area (Å²) in [7, 11) is 1.29. The third-order valence-electron chi connectivity index (χ3n) is 2.19. The molecule has 2 aromatic rings. The van der Waals surface area contributed by atoms with Gasteiger partial charge in [-0.2, -0.15) is 0 Å². The summed E-state index contributed by atoms with van der Waals surface area (Å²) in [5.74, 6) is 0.0990. The van der Waals surface area contributed by atoms with Crippen LogP contribution in [0.3, 0.4) is 0 Å². The highest BCUT2D eigenvalue weighted by atomic mass is 35.5. The standard InChI is InChI=1S/C12H8Cl2O3/c1-16-12(15)11-5-4-10(17-11)8-3-2-7(13)6-9(8)14/h2-6H,1H3. The zero-order valence-electron chi connectivity index (χ0n) is 8.87. The number of methoxy groups -OCH3 is 1. The van der Waals surface area contributed by atoms with E-state index in [9.17, 15) is 4.79 Å². The van der Waals surface area contributed by atoms with E-state index in [1.807, 2.05) is 0 Å². The molecule has 0 aliphatic carbocycles. The van der Waals surface area contributed by atoms with E-state index in [1.54, 1.807) is 24.3 Å². The molecule has 88 valence electrons. The molecule has 0 radical (unpaired) electrons. The first kappa shape index (κ1) is 12.0. The summed E-state index contributed by atoms with van der Waals surface area (Å²) in [6.45, 7) is 0. The number of hydrogen-bond donors (Lipinski definition) is 0. The van der Waals surface area contributed by atoms with E-state index < -0.39 is 5.97 Å². The molecule has 0 amide bonds. The SMILES string of the molecule is COC(=O)c1ccc(-c2ccc(Cl)cc2Cl)o1. The lowest BCUT2D eigenvalue weighted by molar-refractivity contribution is 0.0566. The van der Waals surface area contributed by atoms with E-state index in [-0.39, 0.29) is 5.76 Å². The number of furan rings is 1. The molecule has 0 saturated carbocycles. The van der Waals surface area contributed by atoms with Crippen molar-refractivity contribution in [3.05, 3.63) is 46.1 Å². The van der Waals surface area contributed by atoms with Gasteiger partial charge in [0.2, 0.25) is 5.76 Å². The summed E-state index contributed by atoms with van der Waals surface area (Å²) < 4.78 is 9.89. The van der Waals surface area contributed by atoms with Crippen molar-refractivity contribution in [3.63, 3.8) is 0 Å². The van der Waals surface area contributed by atoms with Crippen LogP contribution in [-0.2, 0) is 4.74 Å². The lowest BCUT2D eigenvalue weighted by Gasteiger charge is -2.01. The Hall–Kier alpha value is -1.45. The summed E-state index contributed by atoms with van der Waals surface area (Å²) in [4.78, 5) is 11.2. The van der Waals surface area contributed by atoms with Gasteiger partial charge in [0.15, 0.2) is 0 Å². The quantitative estimate of drug-likeness (QED) is 0.774. The smallest absolute Gasteiger partial charge is 0.373 e. The van der Waals surface area contributed by atoms with Crippen molar-refractivity contribution in [3.8, 4) is 11.3 Å². The topological polar surface area (TPSA) is 39.4 Å². The zero-order valence-corrected chi connectivity index (χ0v) is 10.4. The minimum Gasteiger partial charge on any atom is -0.463 e. The number of benzene rings is 1. The molecule has 0 atom stereocenters. The van der Waals surface area contributed by atoms with Gasteiger partial charge in [-0.25, -0.2) is 4.79 Å². The van der Waals surface area contributed by atoms with Gasteiger partial charge in [0, 0.05) is 10.6 Å². The Morgan fingerprint density at radius 3 is 2.65 bits per heavy atom. The van der Waals surface area contributed by atoms with Crippen LogP contribution >= 0.6 is 23.2 Å². The first-order chi connectivity index (χ1) is 8.11. The molecule has 17 heavy (non-hydrogen) atoms. The molecule has 1 heterocycles. The summed E-state index contributed by atoms with van der Waals surface area (Å²) in [5.41, 5.74) is 0.672. The Labute approximate surface area is 108 Å². The number of esters is 1. The van der Waals surface area contributed by atoms with E-state index in [4.69, 9.17) is 27.6 Å². The summed E-state index contributed by atoms with van der Waals surface area (Å²) in [6, 6.07) is 8.22. The van der Waals surface area contributed by atoms with Crippen molar-refractivity contribution in [2.24, 2.45) is 0 Å². The fourth-order valence-electron chi connectivity index (χ4n) is 1.38. The third kappa shape index (κ3) is 2.46. The van der Waals surface area contributed by atoms with E-state index >= 15 is 0 Å². The highest BCUT2D eigenvalue weighted by Gasteiger charge is 2.14. The molecular weight excluding hydrogens is 263 g/mol. The van der Waals surface area contributed by atoms with Gasteiger partial charge < -0.3 is 9.15 Å². The van der Waals surface area contributed by atoms with Crippen LogP contribution in [0.2, 0.25) is 10.0 Å². The molecule has 1 aromatic heterocycles. The fraction of sp³-hybridized carbons (Fsp3) is 0.0833. The molecule has 0 aliphatic heterocycles. The van der Waals surface area contributed by atoms with Gasteiger partial charge in [0.05, 0.1) is 12.1 Å². The first-order valence-electron chi connectivity index (χ1n) is 4.75. The van der Waals surface area contributed by atoms with E-state index in [0.29, 0.717) is 21.4 Å². The number of carbonyl (C=O) groups is 1. The third-order valence-corrected chi connectivity index (χ3v) is 2.74. The molecule has 0 fully saturated rings. The van der Waals surface area contributed by atoms with Crippen LogP contribution in [0.1, 0.15) is 10.6 Å². The van der Waals surface area contributed by atoms with Crippen LogP contribution in [0.15, 0.2) is 34.7 Å². The maximum atomic E-state index is 11.2. The predicted molar refractivity (Wildman–Crippen MR) is 65.5 cm³/mol. The number of hydrogen-bond acceptors (Lipinski definition) is 3. The van der Waals surface area contributed by atoms with Gasteiger partial charge in [-0.1, -0.05) is 23.2 Å². The predicted octanol–water partition coefficient (Wildman–Crippen LogP) is 4.04. The average molecular weight is 271 g/mol. The molecule has 0 bridgehead atoms. The van der Waals surface area contributed by atoms with E-state index in [0.717, 1.165) is 0 Å². The number of carbonyl (C=O) groups excluding carboxylic acids is 1. The average Bonchev–Trinajstić information content (AvgIpc) is 2.77. The minimum absolute atomic E-state index is 0.133. The lowest BCUT2D eigenvalue weighted by Crippen LogP contribution is -1.98. The van der Waals surface area contributed by atoms with Gasteiger partial charge >= 0.3 is 5.97 Å². The Kier molecular flexibility index (Phi) is 3.41. The van der Waals surface area contributed by atoms with E-state index in [2.05, 4.69) is 4.74 Å². The molecule has 0 unspecified atom stereocenters. The van der Waals surface area contributed by atoms with Crippen molar-refractivity contribution in [1.82, 2.24) is 0 Å². The van der Waals surface area contributed by atoms with Crippen LogP contribution in [0.5, 0.6) is 0 Å². The van der Waals surface area contributed by atoms with Crippen LogP contribution in [0, 0.1) is 0 Å². The van der Waals surface area contributed by atoms with Gasteiger partial charge in [0.1, 0.15) is 5.76 Å². The van der Waals surface area contributed by atoms with Crippen molar-refractivity contribution < 1.29 is 13.9 Å². The molecule has 3 nitrogen and oxygen atoms in total. The summed E-state index contributed by atoms with van der Waals surface area (Å²) in [6.07, 6.45) is 0. The second kappa shape index (κ2) is 4.82. The van der Waals surface area contributed by atoms with Crippen molar-refractivity contribution in [2.45, 2.75) is 0 Å². The maximum absolute atomic E-state index is 11.2. The highest BCUT2D eigenvalue weighted by Crippen LogP contribution is 2.31. The van der Waals surface area contributed by atoms with Crippen LogP contribution < -0.4 is 0 Å². The summed E-state index contributed by atoms with van der Waals surface area (Å²) in [5, 5.41) is 1.00. The first-order valence-corrected chi connectivity index (χ1v) is 5.51. The molecule has 0 aliphatic rings. The van der Waals surface area contributed by atoms with Crippen molar-refractivity contribution in [2.75, 3.05) is 7.11 Å². The van der Waals surface area contributed by atoms with Crippen LogP contribution in [0.4, 0.5) is 0 Å². The van der Waals surface area contributed by atoms with Crippen LogP contribution in [-0.4, -0.2) is 13.1 Å². The van der Waals surface area contributed by atoms with Gasteiger partial charge in [-0.15, -0.1) is 0 Å². The largest absolute Gasteiger partial charge is 0.463 e. The fourth-order valence-corrected chi connectivity index (χ4v) is 1.88. The molecule has 0 N–H and O–H groups in total. The lowest BCUT2D eigenvalue weighted by atomic mass is 10.2. The Balaban J connectivity index is 2.40. The number of halogens is 2. The minimum atomic E-state index is -0.527. The molecule has 5 heteroatoms. The highest BCUT2D eigenvalue weighted by molar-refractivity contribution is 6.36. The molecule has 0 saturated heterocycles. The van der Waals surface area contributed by atoms with Gasteiger partial charge in [-0.05, 0) is 30.3 Å². The summed E-state index contributed by atoms with van der Waals surface area (Å²) >= 11 is 11.8. The Morgan fingerprint density at radius 2 is 2.00 bits per heavy atom. The number of rotatable bonds is 2. The van der Waals surface area contributed by atoms with E-state index in [1.165, 1.54) is 13.2 Å². The zero-order chi connectivity index (χ0) is 12.4. The maximum Gasteiger partial charge on any atom is 0.373 e. The second-order valence-corrected chi connectivity index (χ2v) is 4.12. The second-order valence-electron chi connectivity index (χ2n) is 3.28. The Bertz CT molecular complexity index is 561. The van der Waals surface area contributed by atoms with Crippen molar-refractivity contribution in [1.29, 1.82) is 0 Å². The van der Waals surface area contributed by atoms with Crippen LogP contribution in [0.25, 0.3) is 11.3 Å². The number of ether oxygens (including phenoxy) is 1. The molecule has 2 rings (SSSR count). The molecule has 0 spiro atoms.